The predicted octanol–water partition coefficient (Wildman–Crippen LogP) is 3.04. The Morgan fingerprint density at radius 2 is 2.28 bits per heavy atom. The molecule has 1 atom stereocenters. The molecule has 0 aliphatic carbocycles. The molecule has 0 bridgehead atoms. The molecule has 1 N–H and O–H groups in total. The van der Waals surface area contributed by atoms with Gasteiger partial charge in [-0.3, -0.25) is 4.79 Å². The average molecular weight is 376 g/mol. The molecule has 0 aromatic heterocycles. The first-order valence-corrected chi connectivity index (χ1v) is 7.62. The summed E-state index contributed by atoms with van der Waals surface area (Å²) in [5, 5.41) is 3.16. The first-order chi connectivity index (χ1) is 8.63. The zero-order valence-electron chi connectivity index (χ0n) is 10.2. The fourth-order valence-electron chi connectivity index (χ4n) is 2.37. The van der Waals surface area contributed by atoms with Gasteiger partial charge in [-0.25, -0.2) is 0 Å². The minimum Gasteiger partial charge on any atom is -0.334 e. The van der Waals surface area contributed by atoms with E-state index in [-0.39, 0.29) is 5.91 Å². The molecule has 18 heavy (non-hydrogen) atoms. The first-order valence-electron chi connectivity index (χ1n) is 6.04. The van der Waals surface area contributed by atoms with Gasteiger partial charge in [0.15, 0.2) is 0 Å². The topological polar surface area (TPSA) is 32.3 Å². The Balaban J connectivity index is 2.20. The Labute approximate surface area is 124 Å². The quantitative estimate of drug-likeness (QED) is 0.880. The van der Waals surface area contributed by atoms with Crippen molar-refractivity contribution < 1.29 is 4.79 Å². The van der Waals surface area contributed by atoms with E-state index in [2.05, 4.69) is 37.2 Å². The van der Waals surface area contributed by atoms with E-state index in [1.54, 1.807) is 0 Å². The lowest BCUT2D eigenvalue weighted by atomic mass is 10.1. The third kappa shape index (κ3) is 2.95. The molecule has 0 radical (unpaired) electrons. The number of halogens is 2. The van der Waals surface area contributed by atoms with Gasteiger partial charge in [-0.2, -0.15) is 0 Å². The van der Waals surface area contributed by atoms with Gasteiger partial charge in [0.1, 0.15) is 0 Å². The van der Waals surface area contributed by atoms with E-state index >= 15 is 0 Å². The van der Waals surface area contributed by atoms with Gasteiger partial charge in [0.05, 0.1) is 5.56 Å². The van der Waals surface area contributed by atoms with Gasteiger partial charge in [-0.15, -0.1) is 0 Å². The number of likely N-dealkylation sites (N-methyl/N-ethyl adjacent to an activating group) is 1. The van der Waals surface area contributed by atoms with E-state index < -0.39 is 0 Å². The lowest BCUT2D eigenvalue weighted by molar-refractivity contribution is 0.0736. The highest BCUT2D eigenvalue weighted by molar-refractivity contribution is 9.11. The van der Waals surface area contributed by atoms with Gasteiger partial charge in [0, 0.05) is 28.1 Å². The number of hydrogen-bond donors (Lipinski definition) is 1. The molecule has 1 saturated heterocycles. The Morgan fingerprint density at radius 3 is 2.94 bits per heavy atom. The van der Waals surface area contributed by atoms with Crippen LogP contribution in [0.4, 0.5) is 0 Å². The second-order valence-corrected chi connectivity index (χ2v) is 6.25. The van der Waals surface area contributed by atoms with Crippen molar-refractivity contribution in [3.63, 3.8) is 0 Å². The van der Waals surface area contributed by atoms with Gasteiger partial charge < -0.3 is 10.2 Å². The van der Waals surface area contributed by atoms with E-state index in [0.29, 0.717) is 6.04 Å². The maximum atomic E-state index is 12.5. The highest BCUT2D eigenvalue weighted by Gasteiger charge is 2.29. The van der Waals surface area contributed by atoms with Crippen molar-refractivity contribution in [2.24, 2.45) is 0 Å². The van der Waals surface area contributed by atoms with Crippen molar-refractivity contribution in [3.05, 3.63) is 32.7 Å². The van der Waals surface area contributed by atoms with Crippen LogP contribution in [0.2, 0.25) is 0 Å². The Bertz CT molecular complexity index is 451. The van der Waals surface area contributed by atoms with Crippen LogP contribution >= 0.6 is 31.9 Å². The highest BCUT2D eigenvalue weighted by atomic mass is 79.9. The highest BCUT2D eigenvalue weighted by Crippen LogP contribution is 2.26. The molecule has 0 saturated carbocycles. The minimum absolute atomic E-state index is 0.118. The number of benzene rings is 1. The van der Waals surface area contributed by atoms with Gasteiger partial charge in [0.25, 0.3) is 5.91 Å². The van der Waals surface area contributed by atoms with E-state index in [4.69, 9.17) is 0 Å². The van der Waals surface area contributed by atoms with E-state index in [1.807, 2.05) is 30.1 Å². The summed E-state index contributed by atoms with van der Waals surface area (Å²) < 4.78 is 1.82. The summed E-state index contributed by atoms with van der Waals surface area (Å²) >= 11 is 6.86. The van der Waals surface area contributed by atoms with Crippen LogP contribution in [0.15, 0.2) is 27.1 Å². The van der Waals surface area contributed by atoms with Crippen LogP contribution in [0.25, 0.3) is 0 Å². The Hall–Kier alpha value is -0.390. The van der Waals surface area contributed by atoms with Gasteiger partial charge in [-0.1, -0.05) is 15.9 Å². The molecule has 1 fully saturated rings. The third-order valence-corrected chi connectivity index (χ3v) is 4.39. The summed E-state index contributed by atoms with van der Waals surface area (Å²) in [6.07, 6.45) is 2.17. The summed E-state index contributed by atoms with van der Waals surface area (Å²) in [6, 6.07) is 6.00. The minimum atomic E-state index is 0.118. The fourth-order valence-corrected chi connectivity index (χ4v) is 3.59. The lowest BCUT2D eigenvalue weighted by Crippen LogP contribution is -2.40. The number of nitrogens with one attached hydrogen (secondary N) is 1. The normalized spacial score (nSPS) is 19.3. The number of likely N-dealkylation sites (tertiary alicyclic amines) is 1. The molecular weight excluding hydrogens is 360 g/mol. The molecule has 3 nitrogen and oxygen atoms in total. The second kappa shape index (κ2) is 6.17. The van der Waals surface area contributed by atoms with Gasteiger partial charge in [-0.05, 0) is 54.0 Å². The van der Waals surface area contributed by atoms with Crippen molar-refractivity contribution in [1.29, 1.82) is 0 Å². The summed E-state index contributed by atoms with van der Waals surface area (Å²) in [4.78, 5) is 14.5. The average Bonchev–Trinajstić information content (AvgIpc) is 2.77. The van der Waals surface area contributed by atoms with Crippen molar-refractivity contribution in [2.75, 3.05) is 20.1 Å². The van der Waals surface area contributed by atoms with Crippen LogP contribution in [0.1, 0.15) is 23.2 Å². The third-order valence-electron chi connectivity index (χ3n) is 3.24. The predicted molar refractivity (Wildman–Crippen MR) is 79.8 cm³/mol. The van der Waals surface area contributed by atoms with Crippen LogP contribution in [0.3, 0.4) is 0 Å². The molecule has 1 unspecified atom stereocenters. The molecule has 1 aromatic carbocycles. The van der Waals surface area contributed by atoms with Crippen molar-refractivity contribution >= 4 is 37.8 Å². The molecule has 1 aliphatic rings. The number of carbonyl (C=O) groups is 1. The van der Waals surface area contributed by atoms with E-state index in [1.165, 1.54) is 0 Å². The van der Waals surface area contributed by atoms with Crippen LogP contribution in [0.5, 0.6) is 0 Å². The van der Waals surface area contributed by atoms with E-state index in [0.717, 1.165) is 40.4 Å². The number of nitrogens with zero attached hydrogens (tertiary/aromatic N) is 1. The first kappa shape index (κ1) is 14.0. The van der Waals surface area contributed by atoms with Crippen LogP contribution in [0, 0.1) is 0 Å². The maximum absolute atomic E-state index is 12.5. The zero-order chi connectivity index (χ0) is 13.1. The summed E-state index contributed by atoms with van der Waals surface area (Å²) in [5.41, 5.74) is 0.737. The smallest absolute Gasteiger partial charge is 0.255 e. The van der Waals surface area contributed by atoms with Crippen LogP contribution < -0.4 is 5.32 Å². The SMILES string of the molecule is CNCC1CCCN1C(=O)c1ccc(Br)cc1Br. The largest absolute Gasteiger partial charge is 0.334 e. The number of amides is 1. The standard InChI is InChI=1S/C13H16Br2N2O/c1-16-8-10-3-2-6-17(10)13(18)11-5-4-9(14)7-12(11)15/h4-5,7,10,16H,2-3,6,8H2,1H3. The molecule has 98 valence electrons. The molecule has 5 heteroatoms. The number of hydrogen-bond acceptors (Lipinski definition) is 2. The summed E-state index contributed by atoms with van der Waals surface area (Å²) in [5.74, 6) is 0.118. The molecular formula is C13H16Br2N2O. The zero-order valence-corrected chi connectivity index (χ0v) is 13.4. The Kier molecular flexibility index (Phi) is 4.81. The molecule has 1 aromatic rings. The van der Waals surface area contributed by atoms with Crippen molar-refractivity contribution in [2.45, 2.75) is 18.9 Å². The molecule has 2 rings (SSSR count). The van der Waals surface area contributed by atoms with Gasteiger partial charge >= 0.3 is 0 Å². The molecule has 1 aliphatic heterocycles. The number of carbonyl (C=O) groups excluding carboxylic acids is 1. The second-order valence-electron chi connectivity index (χ2n) is 4.48. The van der Waals surface area contributed by atoms with Gasteiger partial charge in [0.2, 0.25) is 0 Å². The monoisotopic (exact) mass is 374 g/mol. The maximum Gasteiger partial charge on any atom is 0.255 e. The molecule has 1 amide bonds. The van der Waals surface area contributed by atoms with E-state index in [9.17, 15) is 4.79 Å². The lowest BCUT2D eigenvalue weighted by Gasteiger charge is -2.25. The summed E-state index contributed by atoms with van der Waals surface area (Å²) in [7, 11) is 1.93. The van der Waals surface area contributed by atoms with Crippen molar-refractivity contribution in [3.8, 4) is 0 Å². The number of rotatable bonds is 3. The summed E-state index contributed by atoms with van der Waals surface area (Å²) in [6.45, 7) is 1.72. The Morgan fingerprint density at radius 1 is 1.50 bits per heavy atom. The van der Waals surface area contributed by atoms with Crippen molar-refractivity contribution in [1.82, 2.24) is 10.2 Å². The molecule has 1 heterocycles. The fraction of sp³-hybridized carbons (Fsp3) is 0.462. The van der Waals surface area contributed by atoms with Crippen LogP contribution in [-0.4, -0.2) is 37.0 Å². The molecule has 0 spiro atoms. The van der Waals surface area contributed by atoms with Crippen LogP contribution in [-0.2, 0) is 0 Å².